The monoisotopic (exact) mass is 651 g/mol. The van der Waals surface area contributed by atoms with Crippen LogP contribution in [0.3, 0.4) is 0 Å². The molecule has 0 aromatic carbocycles. The molecule has 1 radical (unpaired) electrons. The molecule has 0 fully saturated rings. The molecule has 207 valence electrons. The van der Waals surface area contributed by atoms with E-state index in [-0.39, 0.29) is 99.1 Å². The third kappa shape index (κ3) is 5.63. The molecular weight excluding hydrogens is 642 g/mol. The van der Waals surface area contributed by atoms with Crippen LogP contribution in [0.15, 0.2) is 24.3 Å². The van der Waals surface area contributed by atoms with Gasteiger partial charge in [-0.1, -0.05) is 0 Å². The number of rotatable bonds is 4. The van der Waals surface area contributed by atoms with Crippen LogP contribution in [0.25, 0.3) is 46.4 Å². The maximum Gasteiger partial charge on any atom is 3.00 e. The SMILES string of the molecule is O=[N+]([O-])c1c2nc(c([N+](=O)[O-])c3ccc([nH]3)c([N+](=O)[O-])c3ccc([nH]3)c([N+](=O)[O-])c3nc1C=C3)C=C2.[Cl-].[Cl-].[Cl-].[Fe+3]. The standard InChI is InChI=1S/C20H10N8O8.3ClH.Fe/c29-25(30)17-9-1-2-10(21-9)18(26(31)32)12-5-6-14(23-12)20(28(35)36)16-8-7-15(24-16)19(27(33)34)13-4-3-11(17)22-13;;;;/h1-8,21-22H;3*1H;/q;;;;+3/p-3. The maximum atomic E-state index is 11.9. The Kier molecular flexibility index (Phi) is 10.6. The third-order valence-corrected chi connectivity index (χ3v) is 5.37. The summed E-state index contributed by atoms with van der Waals surface area (Å²) in [5, 5.41) is 47.5. The summed E-state index contributed by atoms with van der Waals surface area (Å²) in [5.74, 6) is 0. The second kappa shape index (κ2) is 12.6. The van der Waals surface area contributed by atoms with Crippen LogP contribution in [-0.4, -0.2) is 39.6 Å². The summed E-state index contributed by atoms with van der Waals surface area (Å²) in [5.41, 5.74) is -3.86. The van der Waals surface area contributed by atoms with Crippen molar-refractivity contribution in [1.29, 1.82) is 0 Å². The zero-order valence-corrected chi connectivity index (χ0v) is 22.4. The molecule has 2 aliphatic heterocycles. The maximum absolute atomic E-state index is 11.9. The van der Waals surface area contributed by atoms with Crippen molar-refractivity contribution in [3.8, 4) is 0 Å². The first kappa shape index (κ1) is 33.6. The minimum absolute atomic E-state index is 0. The summed E-state index contributed by atoms with van der Waals surface area (Å²) >= 11 is 0. The smallest absolute Gasteiger partial charge is 1.00 e. The van der Waals surface area contributed by atoms with Gasteiger partial charge in [-0.2, -0.15) is 0 Å². The topological polar surface area (TPSA) is 230 Å². The predicted molar refractivity (Wildman–Crippen MR) is 125 cm³/mol. The zero-order valence-electron chi connectivity index (χ0n) is 19.1. The van der Waals surface area contributed by atoms with Crippen molar-refractivity contribution in [3.05, 3.63) is 87.5 Å². The number of aromatic amines is 2. The van der Waals surface area contributed by atoms with Crippen molar-refractivity contribution in [3.63, 3.8) is 0 Å². The number of hydrogen-bond donors (Lipinski definition) is 2. The van der Waals surface area contributed by atoms with Crippen molar-refractivity contribution >= 4 is 69.1 Å². The minimum atomic E-state index is -0.795. The van der Waals surface area contributed by atoms with Crippen LogP contribution >= 0.6 is 0 Å². The minimum Gasteiger partial charge on any atom is -1.00 e. The number of nitrogens with zero attached hydrogens (tertiary/aromatic N) is 6. The normalized spacial score (nSPS) is 10.8. The van der Waals surface area contributed by atoms with Gasteiger partial charge in [-0.15, -0.1) is 0 Å². The average molecular weight is 653 g/mol. The van der Waals surface area contributed by atoms with E-state index in [2.05, 4.69) is 19.9 Å². The fraction of sp³-hybridized carbons (Fsp3) is 0. The van der Waals surface area contributed by atoms with E-state index in [9.17, 15) is 40.5 Å². The first-order chi connectivity index (χ1) is 17.2. The first-order valence-corrected chi connectivity index (χ1v) is 9.89. The largest absolute Gasteiger partial charge is 3.00 e. The van der Waals surface area contributed by atoms with Gasteiger partial charge in [0.25, 0.3) is 0 Å². The summed E-state index contributed by atoms with van der Waals surface area (Å²) < 4.78 is 0. The van der Waals surface area contributed by atoms with Crippen molar-refractivity contribution in [1.82, 2.24) is 19.9 Å². The molecule has 2 aliphatic rings. The van der Waals surface area contributed by atoms with E-state index in [1.165, 1.54) is 48.6 Å². The summed E-state index contributed by atoms with van der Waals surface area (Å²) in [6, 6.07) is 4.92. The van der Waals surface area contributed by atoms with E-state index in [0.29, 0.717) is 0 Å². The number of H-pyrrole nitrogens is 2. The summed E-state index contributed by atoms with van der Waals surface area (Å²) in [6.07, 6.45) is 4.72. The number of nitro groups is 4. The molecule has 0 saturated heterocycles. The van der Waals surface area contributed by atoms with E-state index in [1.807, 2.05) is 0 Å². The molecule has 0 aliphatic carbocycles. The Morgan fingerprint density at radius 3 is 1.00 bits per heavy atom. The van der Waals surface area contributed by atoms with Crippen molar-refractivity contribution in [2.45, 2.75) is 0 Å². The van der Waals surface area contributed by atoms with Gasteiger partial charge in [-0.3, -0.25) is 40.5 Å². The molecule has 5 heterocycles. The van der Waals surface area contributed by atoms with Crippen LogP contribution in [0.5, 0.6) is 0 Å². The van der Waals surface area contributed by atoms with Gasteiger partial charge in [0, 0.05) is 0 Å². The molecule has 0 atom stereocenters. The molecule has 0 unspecified atom stereocenters. The van der Waals surface area contributed by atoms with Crippen LogP contribution in [0.2, 0.25) is 0 Å². The molecule has 2 N–H and O–H groups in total. The fourth-order valence-corrected chi connectivity index (χ4v) is 3.91. The van der Waals surface area contributed by atoms with Crippen LogP contribution in [0.4, 0.5) is 22.7 Å². The van der Waals surface area contributed by atoms with Crippen LogP contribution in [0, 0.1) is 40.5 Å². The predicted octanol–water partition coefficient (Wildman–Crippen LogP) is -4.70. The van der Waals surface area contributed by atoms with Gasteiger partial charge in [0.1, 0.15) is 44.8 Å². The third-order valence-electron chi connectivity index (χ3n) is 5.37. The van der Waals surface area contributed by atoms with Crippen molar-refractivity contribution in [2.75, 3.05) is 0 Å². The van der Waals surface area contributed by atoms with Crippen LogP contribution in [0.1, 0.15) is 22.8 Å². The Bertz CT molecular complexity index is 1670. The molecule has 5 rings (SSSR count). The molecular formula is C20H10Cl3FeN8O8. The summed E-state index contributed by atoms with van der Waals surface area (Å²) in [4.78, 5) is 57.7. The number of hydrogen-bond acceptors (Lipinski definition) is 10. The Labute approximate surface area is 249 Å². The van der Waals surface area contributed by atoms with E-state index in [1.54, 1.807) is 0 Å². The van der Waals surface area contributed by atoms with Gasteiger partial charge in [-0.05, 0) is 48.6 Å². The number of aromatic nitrogens is 4. The Morgan fingerprint density at radius 1 is 0.475 bits per heavy atom. The van der Waals surface area contributed by atoms with Crippen LogP contribution in [-0.2, 0) is 17.1 Å². The fourth-order valence-electron chi connectivity index (χ4n) is 3.91. The summed E-state index contributed by atoms with van der Waals surface area (Å²) in [7, 11) is 0. The van der Waals surface area contributed by atoms with Gasteiger partial charge in [0.05, 0.1) is 19.7 Å². The second-order valence-corrected chi connectivity index (χ2v) is 7.43. The van der Waals surface area contributed by atoms with Crippen LogP contribution < -0.4 is 37.2 Å². The van der Waals surface area contributed by atoms with Crippen molar-refractivity contribution in [2.24, 2.45) is 0 Å². The summed E-state index contributed by atoms with van der Waals surface area (Å²) in [6.45, 7) is 0. The van der Waals surface area contributed by atoms with Gasteiger partial charge in [-0.25, -0.2) is 9.97 Å². The molecule has 16 nitrogen and oxygen atoms in total. The van der Waals surface area contributed by atoms with E-state index >= 15 is 0 Å². The molecule has 3 aromatic rings. The van der Waals surface area contributed by atoms with Crippen molar-refractivity contribution < 1.29 is 74.0 Å². The van der Waals surface area contributed by atoms with E-state index in [4.69, 9.17) is 0 Å². The molecule has 0 amide bonds. The molecule has 0 spiro atoms. The molecule has 8 bridgehead atoms. The quantitative estimate of drug-likeness (QED) is 0.107. The van der Waals surface area contributed by atoms with Gasteiger partial charge < -0.3 is 47.2 Å². The Hall–Kier alpha value is -4.41. The van der Waals surface area contributed by atoms with Gasteiger partial charge in [0.2, 0.25) is 0 Å². The number of halogens is 3. The molecule has 40 heavy (non-hydrogen) atoms. The molecule has 0 saturated carbocycles. The second-order valence-electron chi connectivity index (χ2n) is 7.43. The van der Waals surface area contributed by atoms with Gasteiger partial charge >= 0.3 is 39.8 Å². The Balaban J connectivity index is 0.00000200. The Morgan fingerprint density at radius 2 is 0.725 bits per heavy atom. The van der Waals surface area contributed by atoms with E-state index in [0.717, 1.165) is 0 Å². The number of fused-ring (bicyclic) bond motifs is 8. The van der Waals surface area contributed by atoms with E-state index < -0.39 is 42.4 Å². The first-order valence-electron chi connectivity index (χ1n) is 9.89. The van der Waals surface area contributed by atoms with Gasteiger partial charge in [0.15, 0.2) is 0 Å². The molecule has 3 aromatic heterocycles. The molecule has 20 heteroatoms. The zero-order chi connectivity index (χ0) is 25.7. The number of nitrogens with one attached hydrogen (secondary N) is 2. The average Bonchev–Trinajstić information content (AvgIpc) is 3.57.